The number of benzene rings is 1. The second-order valence-electron chi connectivity index (χ2n) is 11.6. The van der Waals surface area contributed by atoms with Gasteiger partial charge in [-0.25, -0.2) is 0 Å². The minimum absolute atomic E-state index is 0.0386. The maximum atomic E-state index is 14.0. The van der Waals surface area contributed by atoms with Gasteiger partial charge >= 0.3 is 6.18 Å². The summed E-state index contributed by atoms with van der Waals surface area (Å²) < 4.78 is 40.6. The molecule has 5 heterocycles. The first-order chi connectivity index (χ1) is 18.6. The van der Waals surface area contributed by atoms with Crippen molar-refractivity contribution in [2.24, 2.45) is 0 Å². The number of carbonyl (C=O) groups excluding carboxylic acids is 3. The second kappa shape index (κ2) is 9.74. The highest BCUT2D eigenvalue weighted by atomic mass is 19.4. The highest BCUT2D eigenvalue weighted by molar-refractivity contribution is 6.11. The van der Waals surface area contributed by atoms with Crippen LogP contribution in [0.15, 0.2) is 18.2 Å². The van der Waals surface area contributed by atoms with E-state index in [0.29, 0.717) is 37.7 Å². The van der Waals surface area contributed by atoms with Gasteiger partial charge in [-0.1, -0.05) is 12.1 Å². The molecule has 39 heavy (non-hydrogen) atoms. The van der Waals surface area contributed by atoms with Gasteiger partial charge in [0.1, 0.15) is 12.6 Å². The van der Waals surface area contributed by atoms with Crippen molar-refractivity contribution >= 4 is 23.4 Å². The summed E-state index contributed by atoms with van der Waals surface area (Å²) in [5.41, 5.74) is 7.82. The third-order valence-corrected chi connectivity index (χ3v) is 9.42. The summed E-state index contributed by atoms with van der Waals surface area (Å²) in [7, 11) is 0. The van der Waals surface area contributed by atoms with Crippen LogP contribution < -0.4 is 21.1 Å². The van der Waals surface area contributed by atoms with Crippen molar-refractivity contribution in [2.45, 2.75) is 81.2 Å². The Kier molecular flexibility index (Phi) is 6.62. The molecule has 0 aromatic heterocycles. The Bertz CT molecular complexity index is 1170. The van der Waals surface area contributed by atoms with Crippen LogP contribution in [0.2, 0.25) is 0 Å². The molecule has 1 spiro atoms. The van der Waals surface area contributed by atoms with Gasteiger partial charge in [0.2, 0.25) is 17.7 Å². The van der Waals surface area contributed by atoms with E-state index < -0.39 is 30.1 Å². The quantitative estimate of drug-likeness (QED) is 0.528. The predicted octanol–water partition coefficient (Wildman–Crippen LogP) is 1.35. The lowest BCUT2D eigenvalue weighted by Gasteiger charge is -2.41. The number of alkyl halides is 3. The standard InChI is InChI=1S/C27H35F3N6O3/c1-16-4-2-5-20-23(16)26(25(39)36(20)15-22(37)35-11-3-6-21(35)27(28,29)30)9-12-34(13-10-26)24(38)18-8-7-17-19(32-18)14-31-33-17/h2,4-5,17-19,21,31-33H,3,6-15H2,1H3/t17?,18?,19?,21-/m0/s1. The number of amides is 3. The number of rotatable bonds is 3. The molecule has 3 N–H and O–H groups in total. The Hall–Kier alpha value is -2.70. The van der Waals surface area contributed by atoms with E-state index in [1.165, 1.54) is 4.90 Å². The van der Waals surface area contributed by atoms with E-state index in [1.54, 1.807) is 12.1 Å². The number of hydrazine groups is 1. The van der Waals surface area contributed by atoms with Crippen molar-refractivity contribution in [3.63, 3.8) is 0 Å². The Labute approximate surface area is 225 Å². The van der Waals surface area contributed by atoms with Gasteiger partial charge in [-0.2, -0.15) is 13.2 Å². The Morgan fingerprint density at radius 1 is 1.08 bits per heavy atom. The minimum atomic E-state index is -4.49. The van der Waals surface area contributed by atoms with Crippen LogP contribution in [0.3, 0.4) is 0 Å². The molecule has 4 atom stereocenters. The van der Waals surface area contributed by atoms with Gasteiger partial charge in [-0.3, -0.25) is 25.2 Å². The topological polar surface area (TPSA) is 97.0 Å². The van der Waals surface area contributed by atoms with E-state index in [1.807, 2.05) is 17.9 Å². The van der Waals surface area contributed by atoms with Gasteiger partial charge in [0.25, 0.3) is 0 Å². The number of aryl methyl sites for hydroxylation is 1. The number of fused-ring (bicyclic) bond motifs is 3. The van der Waals surface area contributed by atoms with Crippen LogP contribution in [-0.4, -0.2) is 90.6 Å². The summed E-state index contributed by atoms with van der Waals surface area (Å²) in [6.45, 7) is 3.12. The van der Waals surface area contributed by atoms with E-state index in [4.69, 9.17) is 0 Å². The molecule has 1 aromatic rings. The summed E-state index contributed by atoms with van der Waals surface area (Å²) in [4.78, 5) is 44.6. The summed E-state index contributed by atoms with van der Waals surface area (Å²) in [6, 6.07) is 3.96. The summed E-state index contributed by atoms with van der Waals surface area (Å²) in [5, 5.41) is 3.46. The smallest absolute Gasteiger partial charge is 0.341 e. The zero-order valence-electron chi connectivity index (χ0n) is 22.0. The fraction of sp³-hybridized carbons (Fsp3) is 0.667. The van der Waals surface area contributed by atoms with E-state index in [-0.39, 0.29) is 43.3 Å². The number of hydrogen-bond donors (Lipinski definition) is 3. The van der Waals surface area contributed by atoms with Crippen LogP contribution in [0.4, 0.5) is 18.9 Å². The fourth-order valence-corrected chi connectivity index (χ4v) is 7.43. The lowest BCUT2D eigenvalue weighted by molar-refractivity contribution is -0.182. The molecule has 12 heteroatoms. The van der Waals surface area contributed by atoms with Crippen molar-refractivity contribution in [2.75, 3.05) is 37.6 Å². The van der Waals surface area contributed by atoms with Crippen LogP contribution in [0, 0.1) is 6.92 Å². The SMILES string of the molecule is Cc1cccc2c1C1(CCN(C(=O)C3CCC4NNCC4N3)CC1)C(=O)N2CC(=O)N1CCC[C@H]1C(F)(F)F. The van der Waals surface area contributed by atoms with Crippen molar-refractivity contribution in [1.82, 2.24) is 26.0 Å². The Morgan fingerprint density at radius 2 is 1.85 bits per heavy atom. The third-order valence-electron chi connectivity index (χ3n) is 9.42. The molecule has 3 amide bonds. The molecule has 0 aliphatic carbocycles. The van der Waals surface area contributed by atoms with Crippen molar-refractivity contribution in [1.29, 1.82) is 0 Å². The molecule has 1 aromatic carbocycles. The van der Waals surface area contributed by atoms with Crippen molar-refractivity contribution in [3.8, 4) is 0 Å². The zero-order chi connectivity index (χ0) is 27.5. The van der Waals surface area contributed by atoms with Gasteiger partial charge in [-0.05, 0) is 62.6 Å². The summed E-state index contributed by atoms with van der Waals surface area (Å²) >= 11 is 0. The van der Waals surface area contributed by atoms with Crippen molar-refractivity contribution in [3.05, 3.63) is 29.3 Å². The second-order valence-corrected chi connectivity index (χ2v) is 11.6. The van der Waals surface area contributed by atoms with Crippen LogP contribution in [0.5, 0.6) is 0 Å². The van der Waals surface area contributed by atoms with E-state index in [2.05, 4.69) is 16.2 Å². The van der Waals surface area contributed by atoms with Crippen molar-refractivity contribution < 1.29 is 27.6 Å². The zero-order valence-corrected chi connectivity index (χ0v) is 22.0. The first-order valence-corrected chi connectivity index (χ1v) is 13.9. The molecule has 4 saturated heterocycles. The number of nitrogens with zero attached hydrogens (tertiary/aromatic N) is 3. The first kappa shape index (κ1) is 26.5. The summed E-state index contributed by atoms with van der Waals surface area (Å²) in [6.07, 6.45) is -1.85. The maximum Gasteiger partial charge on any atom is 0.408 e. The number of nitrogens with one attached hydrogen (secondary N) is 3. The molecule has 5 aliphatic heterocycles. The normalized spacial score (nSPS) is 30.2. The van der Waals surface area contributed by atoms with Gasteiger partial charge in [0.15, 0.2) is 0 Å². The molecule has 0 bridgehead atoms. The van der Waals surface area contributed by atoms with Gasteiger partial charge < -0.3 is 20.0 Å². The van der Waals surface area contributed by atoms with E-state index in [0.717, 1.165) is 35.4 Å². The lowest BCUT2D eigenvalue weighted by Crippen LogP contribution is -2.59. The molecular formula is C27H35F3N6O3. The number of carbonyl (C=O) groups is 3. The molecular weight excluding hydrogens is 513 g/mol. The molecule has 5 aliphatic rings. The Balaban J connectivity index is 1.19. The van der Waals surface area contributed by atoms with Gasteiger partial charge in [-0.15, -0.1) is 0 Å². The predicted molar refractivity (Wildman–Crippen MR) is 137 cm³/mol. The van der Waals surface area contributed by atoms with Crippen LogP contribution >= 0.6 is 0 Å². The third kappa shape index (κ3) is 4.40. The molecule has 9 nitrogen and oxygen atoms in total. The molecule has 3 unspecified atom stereocenters. The molecule has 4 fully saturated rings. The highest BCUT2D eigenvalue weighted by Gasteiger charge is 2.55. The first-order valence-electron chi connectivity index (χ1n) is 13.9. The largest absolute Gasteiger partial charge is 0.408 e. The van der Waals surface area contributed by atoms with Crippen LogP contribution in [0.1, 0.15) is 49.7 Å². The lowest BCUT2D eigenvalue weighted by atomic mass is 9.72. The summed E-state index contributed by atoms with van der Waals surface area (Å²) in [5.74, 6) is -0.889. The minimum Gasteiger partial charge on any atom is -0.341 e. The van der Waals surface area contributed by atoms with Gasteiger partial charge in [0, 0.05) is 44.0 Å². The molecule has 6 rings (SSSR count). The maximum absolute atomic E-state index is 14.0. The highest BCUT2D eigenvalue weighted by Crippen LogP contribution is 2.49. The molecule has 212 valence electrons. The molecule has 0 radical (unpaired) electrons. The fourth-order valence-electron chi connectivity index (χ4n) is 7.43. The van der Waals surface area contributed by atoms with E-state index >= 15 is 0 Å². The number of hydrogen-bond acceptors (Lipinski definition) is 6. The number of likely N-dealkylation sites (tertiary alicyclic amines) is 2. The number of piperidine rings is 2. The average Bonchev–Trinajstić information content (AvgIpc) is 3.64. The average molecular weight is 549 g/mol. The van der Waals surface area contributed by atoms with Gasteiger partial charge in [0.05, 0.1) is 11.5 Å². The molecule has 0 saturated carbocycles. The number of anilines is 1. The monoisotopic (exact) mass is 548 g/mol. The van der Waals surface area contributed by atoms with Crippen LogP contribution in [0.25, 0.3) is 0 Å². The van der Waals surface area contributed by atoms with Crippen LogP contribution in [-0.2, 0) is 19.8 Å². The Morgan fingerprint density at radius 3 is 2.59 bits per heavy atom. The van der Waals surface area contributed by atoms with E-state index in [9.17, 15) is 27.6 Å². The number of halogens is 3.